The van der Waals surface area contributed by atoms with Crippen molar-refractivity contribution >= 4 is 44.9 Å². The number of carboxylic acids is 1. The summed E-state index contributed by atoms with van der Waals surface area (Å²) in [6.45, 7) is -2.45. The minimum Gasteiger partial charge on any atom is -0.722 e. The van der Waals surface area contributed by atoms with Crippen LogP contribution in [0.1, 0.15) is 27.7 Å². The van der Waals surface area contributed by atoms with Gasteiger partial charge in [0.1, 0.15) is 18.3 Å². The molecule has 0 spiro atoms. The van der Waals surface area contributed by atoms with Crippen molar-refractivity contribution in [2.24, 2.45) is 11.8 Å². The van der Waals surface area contributed by atoms with Crippen LogP contribution < -0.4 is 59.1 Å². The molecular weight excluding hydrogens is 726 g/mol. The Bertz CT molecular complexity index is 1180. The maximum Gasteiger partial charge on any atom is 1.00 e. The number of aliphatic carboxylic acids is 1. The van der Waals surface area contributed by atoms with E-state index in [2.05, 4.69) is 0 Å². The van der Waals surface area contributed by atoms with E-state index in [1.54, 1.807) is 0 Å². The smallest absolute Gasteiger partial charge is 0.722 e. The number of carboxylic acid groups (broad SMARTS) is 1. The Morgan fingerprint density at radius 1 is 0.809 bits per heavy atom. The molecule has 6 aliphatic rings. The van der Waals surface area contributed by atoms with Crippen LogP contribution in [0.3, 0.4) is 0 Å². The quantitative estimate of drug-likeness (QED) is 0.0601. The average Bonchev–Trinajstić information content (AvgIpc) is 3.69. The van der Waals surface area contributed by atoms with E-state index in [0.29, 0.717) is 12.8 Å². The maximum absolute atomic E-state index is 12.0. The van der Waals surface area contributed by atoms with Crippen LogP contribution in [0.4, 0.5) is 16.6 Å². The monoisotopic (exact) mass is 758 g/mol. The van der Waals surface area contributed by atoms with Crippen molar-refractivity contribution in [3.05, 3.63) is 0 Å². The van der Waals surface area contributed by atoms with Gasteiger partial charge >= 0.3 is 83.0 Å². The van der Waals surface area contributed by atoms with E-state index >= 15 is 0 Å². The summed E-state index contributed by atoms with van der Waals surface area (Å²) >= 11 is 0. The number of rotatable bonds is 3. The first-order valence-corrected chi connectivity index (χ1v) is 14.1. The number of hydrogen-bond donors (Lipinski definition) is 3. The Kier molecular flexibility index (Phi) is 25.8. The predicted octanol–water partition coefficient (Wildman–Crippen LogP) is -7.60. The van der Waals surface area contributed by atoms with Crippen molar-refractivity contribution in [1.29, 1.82) is 0 Å². The van der Waals surface area contributed by atoms with E-state index in [0.717, 1.165) is 7.11 Å². The number of esters is 3. The maximum atomic E-state index is 12.0. The molecule has 0 saturated carbocycles. The number of hydrogen-bond acceptors (Lipinski definition) is 17. The first-order chi connectivity index (χ1) is 19.7. The van der Waals surface area contributed by atoms with E-state index in [-0.39, 0.29) is 128 Å². The average molecular weight is 759 g/mol. The van der Waals surface area contributed by atoms with Gasteiger partial charge in [-0.15, -0.1) is 7.77 Å². The molecule has 6 fully saturated rings. The van der Waals surface area contributed by atoms with Gasteiger partial charge < -0.3 is 48.1 Å². The second-order valence-corrected chi connectivity index (χ2v) is 10.2. The Morgan fingerprint density at radius 3 is 1.49 bits per heavy atom. The van der Waals surface area contributed by atoms with E-state index in [4.69, 9.17) is 64.6 Å². The van der Waals surface area contributed by atoms with Crippen molar-refractivity contribution in [1.82, 2.24) is 0 Å². The van der Waals surface area contributed by atoms with Crippen molar-refractivity contribution < 1.29 is 160 Å². The third-order valence-electron chi connectivity index (χ3n) is 6.09. The molecule has 6 saturated heterocycles. The third-order valence-corrected chi connectivity index (χ3v) is 6.09. The van der Waals surface area contributed by atoms with Crippen molar-refractivity contribution in [2.75, 3.05) is 20.5 Å². The molecule has 0 aromatic heterocycles. The molecule has 26 heteroatoms. The summed E-state index contributed by atoms with van der Waals surface area (Å²) in [6, 6.07) is 0. The van der Waals surface area contributed by atoms with Gasteiger partial charge in [0.2, 0.25) is 0 Å². The van der Waals surface area contributed by atoms with E-state index < -0.39 is 64.6 Å². The van der Waals surface area contributed by atoms with Gasteiger partial charge in [-0.2, -0.15) is 0 Å². The molecule has 47 heavy (non-hydrogen) atoms. The first-order valence-electron chi connectivity index (χ1n) is 11.4. The number of halogens is 4. The van der Waals surface area contributed by atoms with Crippen LogP contribution in [-0.2, 0) is 63.9 Å². The number of carbonyl (C=O) groups excluding carboxylic acids is 3. The van der Waals surface area contributed by atoms with Crippen LogP contribution in [0.15, 0.2) is 0 Å². The molecule has 0 aromatic rings. The molecule has 3 N–H and O–H groups in total. The van der Waals surface area contributed by atoms with Gasteiger partial charge in [0.05, 0.1) is 24.0 Å². The van der Waals surface area contributed by atoms with E-state index in [9.17, 15) is 36.0 Å². The Labute approximate surface area is 311 Å². The molecule has 6 aliphatic heterocycles. The molecule has 0 aliphatic carbocycles. The molecule has 6 heterocycles. The number of alkyl halides is 2. The fourth-order valence-corrected chi connectivity index (χ4v) is 4.82. The number of carbonyl (C=O) groups is 4. The number of ether oxygens (including phenoxy) is 5. The minimum atomic E-state index is -5.42. The van der Waals surface area contributed by atoms with Crippen molar-refractivity contribution in [3.63, 3.8) is 0 Å². The topological polar surface area (TPSA) is 290 Å². The zero-order valence-corrected chi connectivity index (χ0v) is 29.0. The van der Waals surface area contributed by atoms with Crippen LogP contribution in [0.25, 0.3) is 0 Å². The standard InChI is InChI=1S/C9H9FO5.C7H8O4.C2H3FO2.CH4O.2CH4.2FHO3S.2Na/c10-2-5(11)14-7-4-1-3-6(13-4)8(7)15-9(3)12;8-4-3-1-2-5(10-3)6(4)11-7(2)9;3-1-2(4)5;1-2;;;2*1-5(2,3)4;;/h3-4,6-8H,1-2H2;2-6,8H,1H2;1H2,(H,4,5);2H,1H3;2*1H4;2*(H,2,3,4);;/q;;;;;;;;2*+1/p-2. The molecular formula is C21H32F4Na2O18S2. The fraction of sp³-hybridized carbons (Fsp3) is 0.810. The summed E-state index contributed by atoms with van der Waals surface area (Å²) in [5, 5.41) is 23.8. The molecule has 10 atom stereocenters. The van der Waals surface area contributed by atoms with Gasteiger partial charge in [-0.1, -0.05) is 14.9 Å². The van der Waals surface area contributed by atoms with Crippen LogP contribution >= 0.6 is 0 Å². The van der Waals surface area contributed by atoms with Crippen LogP contribution in [0.2, 0.25) is 0 Å². The molecule has 10 unspecified atom stereocenters. The van der Waals surface area contributed by atoms with Gasteiger partial charge in [0, 0.05) is 7.11 Å². The number of aliphatic hydroxyl groups is 2. The SMILES string of the molecule is C.C.CO.O=C(CF)OC1C2CC3C(=O)OC1C3O2.O=C(O)CF.O=C1OC2C(O)C3CC1C2O3.O=S(=O)([O-])F.O=S(=O)([O-])F.[Na+].[Na+]. The normalized spacial score (nSPS) is 31.7. The van der Waals surface area contributed by atoms with Gasteiger partial charge in [0.15, 0.2) is 31.7 Å². The molecule has 6 rings (SSSR count). The van der Waals surface area contributed by atoms with Gasteiger partial charge in [-0.05, 0) is 12.8 Å². The summed E-state index contributed by atoms with van der Waals surface area (Å²) in [7, 11) is -9.83. The zero-order valence-electron chi connectivity index (χ0n) is 23.4. The Hall–Kier alpha value is -0.740. The van der Waals surface area contributed by atoms with Gasteiger partial charge in [0.25, 0.3) is 21.0 Å². The zero-order chi connectivity index (χ0) is 33.4. The molecule has 0 radical (unpaired) electrons. The van der Waals surface area contributed by atoms with Crippen LogP contribution in [-0.4, -0.2) is 134 Å². The first kappa shape index (κ1) is 53.1. The Balaban J connectivity index is -0.000000258. The third kappa shape index (κ3) is 16.7. The van der Waals surface area contributed by atoms with Gasteiger partial charge in [-0.3, -0.25) is 9.59 Å². The number of aliphatic hydroxyl groups excluding tert-OH is 2. The molecule has 0 amide bonds. The number of fused-ring (bicyclic) bond motifs is 2. The largest absolute Gasteiger partial charge is 1.00 e. The van der Waals surface area contributed by atoms with Crippen molar-refractivity contribution in [2.45, 2.75) is 76.5 Å². The Morgan fingerprint density at radius 2 is 1.15 bits per heavy atom. The second kappa shape index (κ2) is 22.9. The molecule has 0 aromatic carbocycles. The van der Waals surface area contributed by atoms with Gasteiger partial charge in [-0.25, -0.2) is 35.2 Å². The summed E-state index contributed by atoms with van der Waals surface area (Å²) in [6.07, 6.45) is -1.88. The summed E-state index contributed by atoms with van der Waals surface area (Å²) in [5.74, 6) is -3.15. The van der Waals surface area contributed by atoms with Crippen LogP contribution in [0, 0.1) is 11.8 Å². The van der Waals surface area contributed by atoms with E-state index in [1.165, 1.54) is 0 Å². The fourth-order valence-electron chi connectivity index (χ4n) is 4.82. The second-order valence-electron chi connectivity index (χ2n) is 8.66. The summed E-state index contributed by atoms with van der Waals surface area (Å²) < 4.78 is 119. The summed E-state index contributed by atoms with van der Waals surface area (Å²) in [5.41, 5.74) is 0. The molecule has 4 bridgehead atoms. The minimum absolute atomic E-state index is 0. The summed E-state index contributed by atoms with van der Waals surface area (Å²) in [4.78, 5) is 42.1. The predicted molar refractivity (Wildman–Crippen MR) is 132 cm³/mol. The van der Waals surface area contributed by atoms with Crippen LogP contribution in [0.5, 0.6) is 0 Å². The molecule has 266 valence electrons. The molecule has 18 nitrogen and oxygen atoms in total. The van der Waals surface area contributed by atoms with Crippen molar-refractivity contribution in [3.8, 4) is 0 Å². The van der Waals surface area contributed by atoms with E-state index in [1.807, 2.05) is 0 Å².